The molecule has 42 heavy (non-hydrogen) atoms. The Labute approximate surface area is 258 Å². The molecule has 2 heterocycles. The van der Waals surface area contributed by atoms with Crippen molar-refractivity contribution in [3.05, 3.63) is 57.6 Å². The van der Waals surface area contributed by atoms with Gasteiger partial charge in [-0.15, -0.1) is 0 Å². The fourth-order valence-electron chi connectivity index (χ4n) is 4.96. The Balaban J connectivity index is 0.00000237. The number of hydrogen-bond donors (Lipinski definition) is 0. The number of benzene rings is 2. The summed E-state index contributed by atoms with van der Waals surface area (Å²) in [6, 6.07) is 8.77. The van der Waals surface area contributed by atoms with Crippen LogP contribution in [0.5, 0.6) is 11.5 Å². The van der Waals surface area contributed by atoms with Crippen LogP contribution in [0.4, 0.5) is 0 Å². The van der Waals surface area contributed by atoms with Crippen molar-refractivity contribution in [2.45, 2.75) is 113 Å². The molecule has 0 aromatic heterocycles. The van der Waals surface area contributed by atoms with Crippen LogP contribution in [0.1, 0.15) is 110 Å². The zero-order valence-corrected chi connectivity index (χ0v) is 30.3. The Bertz CT molecular complexity index is 1170. The van der Waals surface area contributed by atoms with Crippen LogP contribution in [-0.4, -0.2) is 26.4 Å². The van der Waals surface area contributed by atoms with Crippen LogP contribution in [0.3, 0.4) is 0 Å². The van der Waals surface area contributed by atoms with Gasteiger partial charge in [0.15, 0.2) is 0 Å². The van der Waals surface area contributed by atoms with Gasteiger partial charge in [-0.2, -0.15) is 0 Å². The van der Waals surface area contributed by atoms with Crippen LogP contribution in [0.2, 0.25) is 0 Å². The lowest BCUT2D eigenvalue weighted by molar-refractivity contribution is -0.0674. The van der Waals surface area contributed by atoms with Gasteiger partial charge in [-0.05, 0) is 42.6 Å². The summed E-state index contributed by atoms with van der Waals surface area (Å²) in [6.07, 6.45) is 0. The van der Waals surface area contributed by atoms with Gasteiger partial charge in [-0.25, -0.2) is 0 Å². The van der Waals surface area contributed by atoms with E-state index in [1.807, 2.05) is 13.8 Å². The van der Waals surface area contributed by atoms with Crippen molar-refractivity contribution in [1.29, 1.82) is 0 Å². The van der Waals surface area contributed by atoms with Crippen LogP contribution in [-0.2, 0) is 34.3 Å². The van der Waals surface area contributed by atoms with Gasteiger partial charge in [0.05, 0.1) is 31.8 Å². The molecule has 2 aliphatic rings. The van der Waals surface area contributed by atoms with Gasteiger partial charge in [0.2, 0.25) is 0 Å². The molecule has 8 heteroatoms. The Morgan fingerprint density at radius 1 is 0.548 bits per heavy atom. The first-order valence-corrected chi connectivity index (χ1v) is 17.3. The van der Waals surface area contributed by atoms with Gasteiger partial charge in [0, 0.05) is 16.7 Å². The lowest BCUT2D eigenvalue weighted by atomic mass is 9.78. The van der Waals surface area contributed by atoms with Gasteiger partial charge < -0.3 is 27.1 Å². The molecule has 1 spiro atoms. The molecule has 0 amide bonds. The van der Waals surface area contributed by atoms with Crippen molar-refractivity contribution in [2.75, 3.05) is 26.4 Å². The lowest BCUT2D eigenvalue weighted by Crippen LogP contribution is -2.45. The van der Waals surface area contributed by atoms with Crippen molar-refractivity contribution in [3.63, 3.8) is 0 Å². The summed E-state index contributed by atoms with van der Waals surface area (Å²) in [5.74, 6) is 1.74. The van der Waals surface area contributed by atoms with E-state index in [4.69, 9.17) is 27.1 Å². The van der Waals surface area contributed by atoms with Crippen LogP contribution >= 0.6 is 17.2 Å². The number of hydrogen-bond acceptors (Lipinski definition) is 6. The topological polar surface area (TPSA) is 55.4 Å². The molecular formula is C34H54O6P2. The molecule has 0 N–H and O–H groups in total. The van der Waals surface area contributed by atoms with Crippen molar-refractivity contribution >= 4 is 17.2 Å². The molecule has 0 aliphatic carbocycles. The van der Waals surface area contributed by atoms with E-state index in [0.29, 0.717) is 26.4 Å². The minimum atomic E-state index is -1.55. The molecular weight excluding hydrogens is 566 g/mol. The van der Waals surface area contributed by atoms with Crippen LogP contribution in [0.25, 0.3) is 0 Å². The fraction of sp³-hybridized carbons (Fsp3) is 0.647. The first kappa shape index (κ1) is 35.2. The van der Waals surface area contributed by atoms with Crippen molar-refractivity contribution in [3.8, 4) is 11.5 Å². The maximum absolute atomic E-state index is 6.55. The average molecular weight is 621 g/mol. The van der Waals surface area contributed by atoms with E-state index in [-0.39, 0.29) is 21.7 Å². The van der Waals surface area contributed by atoms with Gasteiger partial charge >= 0.3 is 17.2 Å². The molecule has 6 nitrogen and oxygen atoms in total. The highest BCUT2D eigenvalue weighted by molar-refractivity contribution is 7.42. The zero-order chi connectivity index (χ0) is 31.7. The first-order chi connectivity index (χ1) is 19.4. The monoisotopic (exact) mass is 620 g/mol. The summed E-state index contributed by atoms with van der Waals surface area (Å²) in [4.78, 5) is 0. The van der Waals surface area contributed by atoms with E-state index in [0.717, 1.165) is 22.6 Å². The molecule has 0 radical (unpaired) electrons. The summed E-state index contributed by atoms with van der Waals surface area (Å²) in [5, 5.41) is 0. The van der Waals surface area contributed by atoms with Crippen molar-refractivity contribution in [2.24, 2.45) is 5.41 Å². The second kappa shape index (κ2) is 13.4. The maximum atomic E-state index is 6.55. The molecule has 0 unspecified atom stereocenters. The maximum Gasteiger partial charge on any atom is 0.397 e. The van der Waals surface area contributed by atoms with Gasteiger partial charge in [0.25, 0.3) is 0 Å². The molecule has 2 fully saturated rings. The zero-order valence-electron chi connectivity index (χ0n) is 28.5. The Morgan fingerprint density at radius 2 is 0.857 bits per heavy atom. The van der Waals surface area contributed by atoms with E-state index in [9.17, 15) is 0 Å². The molecule has 2 saturated heterocycles. The predicted octanol–water partition coefficient (Wildman–Crippen LogP) is 10.5. The largest absolute Gasteiger partial charge is 0.426 e. The molecule has 4 rings (SSSR count). The second-order valence-corrected chi connectivity index (χ2v) is 16.9. The molecule has 0 bridgehead atoms. The normalized spacial score (nSPS) is 23.3. The molecule has 2 aromatic carbocycles. The van der Waals surface area contributed by atoms with Gasteiger partial charge in [-0.3, -0.25) is 0 Å². The third-order valence-electron chi connectivity index (χ3n) is 7.31. The summed E-state index contributed by atoms with van der Waals surface area (Å²) >= 11 is 0. The molecule has 2 aromatic rings. The predicted molar refractivity (Wildman–Crippen MR) is 176 cm³/mol. The van der Waals surface area contributed by atoms with Crippen LogP contribution in [0.15, 0.2) is 24.3 Å². The lowest BCUT2D eigenvalue weighted by Gasteiger charge is -2.42. The third-order valence-corrected chi connectivity index (χ3v) is 9.34. The van der Waals surface area contributed by atoms with Crippen molar-refractivity contribution < 1.29 is 27.1 Å². The van der Waals surface area contributed by atoms with Gasteiger partial charge in [0.1, 0.15) is 11.5 Å². The van der Waals surface area contributed by atoms with Crippen LogP contribution < -0.4 is 9.05 Å². The van der Waals surface area contributed by atoms with Crippen LogP contribution in [0, 0.1) is 26.2 Å². The quantitative estimate of drug-likeness (QED) is 0.317. The molecule has 2 aliphatic heterocycles. The average Bonchev–Trinajstić information content (AvgIpc) is 2.88. The summed E-state index contributed by atoms with van der Waals surface area (Å²) in [7, 11) is -3.06. The third kappa shape index (κ3) is 8.46. The van der Waals surface area contributed by atoms with E-state index in [1.165, 1.54) is 22.3 Å². The summed E-state index contributed by atoms with van der Waals surface area (Å²) in [6.45, 7) is 32.0. The summed E-state index contributed by atoms with van der Waals surface area (Å²) < 4.78 is 37.6. The highest BCUT2D eigenvalue weighted by Crippen LogP contribution is 2.55. The van der Waals surface area contributed by atoms with E-state index < -0.39 is 17.2 Å². The standard InChI is InChI=1S/C32H48O6P2.C2H6/c1-21-13-23(3)27(24(14-21)29(4,5)6)37-39-33-17-32(18-34-39)19-35-40(36-20-32)38-28-25(30(7,8)9)15-22(2)16-26(28)31(10,11)12;1-2/h13-16H,17-20H2,1-12H3;1-2H3. The Hall–Kier alpha value is -1.26. The Morgan fingerprint density at radius 3 is 1.21 bits per heavy atom. The molecule has 236 valence electrons. The smallest absolute Gasteiger partial charge is 0.397 e. The number of rotatable bonds is 4. The minimum Gasteiger partial charge on any atom is -0.426 e. The first-order valence-electron chi connectivity index (χ1n) is 15.1. The highest BCUT2D eigenvalue weighted by atomic mass is 31.2. The van der Waals surface area contributed by atoms with E-state index in [1.54, 1.807) is 0 Å². The SMILES string of the molecule is CC.Cc1cc(C)c(OP2OCC3(CO2)COP(Oc2c(C(C)(C)C)cc(C)cc2C(C)(C)C)OC3)c(C(C)(C)C)c1. The molecule has 0 saturated carbocycles. The molecule has 0 atom stereocenters. The highest BCUT2D eigenvalue weighted by Gasteiger charge is 2.45. The summed E-state index contributed by atoms with van der Waals surface area (Å²) in [5.41, 5.74) is 6.42. The second-order valence-electron chi connectivity index (χ2n) is 14.6. The number of aryl methyl sites for hydroxylation is 3. The van der Waals surface area contributed by atoms with Crippen molar-refractivity contribution in [1.82, 2.24) is 0 Å². The van der Waals surface area contributed by atoms with Gasteiger partial charge in [-0.1, -0.05) is 112 Å². The fourth-order valence-corrected chi connectivity index (χ4v) is 7.57. The Kier molecular flexibility index (Phi) is 11.2. The minimum absolute atomic E-state index is 0.0577. The van der Waals surface area contributed by atoms with E-state index >= 15 is 0 Å². The van der Waals surface area contributed by atoms with E-state index in [2.05, 4.69) is 107 Å².